The van der Waals surface area contributed by atoms with Crippen LogP contribution in [0, 0.1) is 0 Å². The van der Waals surface area contributed by atoms with Gasteiger partial charge >= 0.3 is 0 Å². The number of hydrogen-bond acceptors (Lipinski definition) is 2. The third kappa shape index (κ3) is 5.52. The van der Waals surface area contributed by atoms with Gasteiger partial charge < -0.3 is 5.11 Å². The fourth-order valence-corrected chi connectivity index (χ4v) is 6.80. The lowest BCUT2D eigenvalue weighted by Crippen LogP contribution is -2.23. The molecule has 0 radical (unpaired) electrons. The van der Waals surface area contributed by atoms with Gasteiger partial charge in [0.15, 0.2) is 0 Å². The topological polar surface area (TPSA) is 32.6 Å². The molecule has 2 nitrogen and oxygen atoms in total. The average molecular weight is 486 g/mol. The van der Waals surface area contributed by atoms with E-state index in [1.807, 2.05) is 66.9 Å². The van der Waals surface area contributed by atoms with Gasteiger partial charge in [-0.05, 0) is 35.0 Å². The average Bonchev–Trinajstić information content (AvgIpc) is 2.96. The molecule has 0 aliphatic carbocycles. The summed E-state index contributed by atoms with van der Waals surface area (Å²) in [5.41, 5.74) is 2.90. The largest absolute Gasteiger partial charge is 0.386 e. The molecule has 36 heavy (non-hydrogen) atoms. The molecule has 5 aromatic carbocycles. The van der Waals surface area contributed by atoms with E-state index in [4.69, 9.17) is 4.99 Å². The molecule has 0 unspecified atom stereocenters. The second kappa shape index (κ2) is 11.7. The second-order valence-corrected chi connectivity index (χ2v) is 10.7. The van der Waals surface area contributed by atoms with Crippen LogP contribution >= 0.6 is 7.92 Å². The van der Waals surface area contributed by atoms with E-state index in [0.717, 1.165) is 16.7 Å². The van der Waals surface area contributed by atoms with Crippen LogP contribution in [0.1, 0.15) is 28.8 Å². The standard InChI is InChI=1S/C33H28NOP/c35-33(27-17-7-2-8-18-27)32(26-15-5-1-6-16-26)34-25-28-19-13-14-24-31(28)36(29-20-9-3-10-21-29)30-22-11-4-12-23-30/h1-25,32-33,35H/t32-,33+/m0/s1. The Hall–Kier alpha value is -3.84. The molecule has 0 aliphatic rings. The zero-order chi connectivity index (χ0) is 24.6. The van der Waals surface area contributed by atoms with Gasteiger partial charge in [0.2, 0.25) is 0 Å². The van der Waals surface area contributed by atoms with Crippen molar-refractivity contribution in [2.24, 2.45) is 4.99 Å². The van der Waals surface area contributed by atoms with Crippen LogP contribution in [-0.4, -0.2) is 11.3 Å². The Morgan fingerprint density at radius 3 is 1.53 bits per heavy atom. The highest BCUT2D eigenvalue weighted by Crippen LogP contribution is 2.35. The molecule has 3 heteroatoms. The van der Waals surface area contributed by atoms with Gasteiger partial charge in [0.25, 0.3) is 0 Å². The SMILES string of the molecule is O[C@H](c1ccccc1)[C@@H](N=Cc1ccccc1P(c1ccccc1)c1ccccc1)c1ccccc1. The maximum Gasteiger partial charge on any atom is 0.105 e. The molecule has 0 aromatic heterocycles. The quantitative estimate of drug-likeness (QED) is 0.202. The molecular weight excluding hydrogens is 457 g/mol. The van der Waals surface area contributed by atoms with Gasteiger partial charge in [-0.3, -0.25) is 4.99 Å². The maximum absolute atomic E-state index is 11.3. The Morgan fingerprint density at radius 2 is 0.972 bits per heavy atom. The number of benzene rings is 5. The highest BCUT2D eigenvalue weighted by molar-refractivity contribution is 7.80. The van der Waals surface area contributed by atoms with E-state index in [2.05, 4.69) is 84.9 Å². The smallest absolute Gasteiger partial charge is 0.105 e. The maximum atomic E-state index is 11.3. The van der Waals surface area contributed by atoms with Crippen molar-refractivity contribution in [1.29, 1.82) is 0 Å². The van der Waals surface area contributed by atoms with Gasteiger partial charge in [-0.2, -0.15) is 0 Å². The van der Waals surface area contributed by atoms with Gasteiger partial charge in [0, 0.05) is 11.8 Å². The normalized spacial score (nSPS) is 13.1. The van der Waals surface area contributed by atoms with Crippen molar-refractivity contribution >= 4 is 30.0 Å². The van der Waals surface area contributed by atoms with Gasteiger partial charge in [-0.15, -0.1) is 0 Å². The third-order valence-corrected chi connectivity index (χ3v) is 8.68. The summed E-state index contributed by atoms with van der Waals surface area (Å²) in [6.45, 7) is 0. The lowest BCUT2D eigenvalue weighted by molar-refractivity contribution is 0.148. The van der Waals surface area contributed by atoms with E-state index in [1.165, 1.54) is 15.9 Å². The van der Waals surface area contributed by atoms with Crippen LogP contribution in [0.4, 0.5) is 0 Å². The summed E-state index contributed by atoms with van der Waals surface area (Å²) >= 11 is 0. The van der Waals surface area contributed by atoms with Gasteiger partial charge in [0.1, 0.15) is 12.1 Å². The van der Waals surface area contributed by atoms with E-state index >= 15 is 0 Å². The second-order valence-electron chi connectivity index (χ2n) is 8.55. The van der Waals surface area contributed by atoms with Crippen LogP contribution in [0.2, 0.25) is 0 Å². The molecule has 0 saturated heterocycles. The fourth-order valence-electron chi connectivity index (χ4n) is 4.37. The zero-order valence-electron chi connectivity index (χ0n) is 19.9. The van der Waals surface area contributed by atoms with Crippen molar-refractivity contribution < 1.29 is 5.11 Å². The number of aliphatic hydroxyl groups is 1. The first-order chi connectivity index (χ1) is 17.8. The van der Waals surface area contributed by atoms with Crippen LogP contribution in [0.15, 0.2) is 151 Å². The summed E-state index contributed by atoms with van der Waals surface area (Å²) in [4.78, 5) is 5.01. The van der Waals surface area contributed by atoms with Crippen molar-refractivity contribution in [3.63, 3.8) is 0 Å². The van der Waals surface area contributed by atoms with E-state index < -0.39 is 20.1 Å². The molecule has 0 fully saturated rings. The highest BCUT2D eigenvalue weighted by atomic mass is 31.1. The predicted octanol–water partition coefficient (Wildman–Crippen LogP) is 6.34. The van der Waals surface area contributed by atoms with Crippen molar-refractivity contribution in [3.05, 3.63) is 162 Å². The molecule has 0 amide bonds. The lowest BCUT2D eigenvalue weighted by atomic mass is 9.96. The minimum atomic E-state index is -0.765. The monoisotopic (exact) mass is 485 g/mol. The van der Waals surface area contributed by atoms with Crippen molar-refractivity contribution in [2.75, 3.05) is 0 Å². The number of rotatable bonds is 8. The number of nitrogens with zero attached hydrogens (tertiary/aromatic N) is 1. The van der Waals surface area contributed by atoms with Gasteiger partial charge in [-0.25, -0.2) is 0 Å². The number of hydrogen-bond donors (Lipinski definition) is 1. The lowest BCUT2D eigenvalue weighted by Gasteiger charge is -2.22. The Bertz CT molecular complexity index is 1350. The Morgan fingerprint density at radius 1 is 0.528 bits per heavy atom. The van der Waals surface area contributed by atoms with Gasteiger partial charge in [0.05, 0.1) is 0 Å². The predicted molar refractivity (Wildman–Crippen MR) is 153 cm³/mol. The molecule has 0 saturated carbocycles. The first-order valence-corrected chi connectivity index (χ1v) is 13.5. The Kier molecular flexibility index (Phi) is 7.78. The Labute approximate surface area is 214 Å². The number of aliphatic hydroxyl groups excluding tert-OH is 1. The molecule has 176 valence electrons. The van der Waals surface area contributed by atoms with Crippen molar-refractivity contribution in [2.45, 2.75) is 12.1 Å². The molecular formula is C33H28NOP. The molecule has 5 aromatic rings. The van der Waals surface area contributed by atoms with Crippen molar-refractivity contribution in [3.8, 4) is 0 Å². The molecule has 1 N–H and O–H groups in total. The zero-order valence-corrected chi connectivity index (χ0v) is 20.8. The third-order valence-electron chi connectivity index (χ3n) is 6.16. The summed E-state index contributed by atoms with van der Waals surface area (Å²) in [6.07, 6.45) is 1.20. The number of aliphatic imine (C=N–C) groups is 1. The van der Waals surface area contributed by atoms with Crippen LogP contribution in [0.3, 0.4) is 0 Å². The summed E-state index contributed by atoms with van der Waals surface area (Å²) in [6, 6.07) is 49.2. The molecule has 2 atom stereocenters. The first-order valence-electron chi connectivity index (χ1n) is 12.1. The van der Waals surface area contributed by atoms with Crippen molar-refractivity contribution in [1.82, 2.24) is 0 Å². The van der Waals surface area contributed by atoms with E-state index in [9.17, 15) is 5.11 Å². The molecule has 0 spiro atoms. The molecule has 0 bridgehead atoms. The van der Waals surface area contributed by atoms with Gasteiger partial charge in [-0.1, -0.05) is 146 Å². The molecule has 5 rings (SSSR count). The summed E-state index contributed by atoms with van der Waals surface area (Å²) in [5.74, 6) is 0. The molecule has 0 aliphatic heterocycles. The fraction of sp³-hybridized carbons (Fsp3) is 0.0606. The summed E-state index contributed by atoms with van der Waals surface area (Å²) < 4.78 is 0. The minimum Gasteiger partial charge on any atom is -0.386 e. The van der Waals surface area contributed by atoms with E-state index in [0.29, 0.717) is 0 Å². The van der Waals surface area contributed by atoms with Crippen LogP contribution in [-0.2, 0) is 0 Å². The van der Waals surface area contributed by atoms with Crippen LogP contribution in [0.25, 0.3) is 0 Å². The van der Waals surface area contributed by atoms with Crippen LogP contribution in [0.5, 0.6) is 0 Å². The van der Waals surface area contributed by atoms with E-state index in [-0.39, 0.29) is 0 Å². The van der Waals surface area contributed by atoms with Crippen LogP contribution < -0.4 is 15.9 Å². The minimum absolute atomic E-state index is 0.415. The first kappa shape index (κ1) is 23.9. The van der Waals surface area contributed by atoms with E-state index in [1.54, 1.807) is 0 Å². The Balaban J connectivity index is 1.57. The summed E-state index contributed by atoms with van der Waals surface area (Å²) in [7, 11) is -0.765. The molecule has 0 heterocycles. The summed E-state index contributed by atoms with van der Waals surface area (Å²) in [5, 5.41) is 15.2. The highest BCUT2D eigenvalue weighted by Gasteiger charge is 2.23.